The lowest BCUT2D eigenvalue weighted by Gasteiger charge is -2.26. The molecule has 0 fully saturated rings. The summed E-state index contributed by atoms with van der Waals surface area (Å²) in [4.78, 5) is 21.0. The van der Waals surface area contributed by atoms with Gasteiger partial charge in [-0.25, -0.2) is 9.78 Å². The van der Waals surface area contributed by atoms with Gasteiger partial charge in [-0.05, 0) is 35.7 Å². The third-order valence-corrected chi connectivity index (χ3v) is 6.24. The number of aryl methyl sites for hydroxylation is 1. The van der Waals surface area contributed by atoms with Gasteiger partial charge < -0.3 is 18.9 Å². The maximum atomic E-state index is 12.8. The average molecular weight is 469 g/mol. The molecule has 6 rings (SSSR count). The topological polar surface area (TPSA) is 84.7 Å². The maximum Gasteiger partial charge on any atom is 0.351 e. The van der Waals surface area contributed by atoms with Gasteiger partial charge in [-0.2, -0.15) is 4.98 Å². The summed E-state index contributed by atoms with van der Waals surface area (Å²) in [6, 6.07) is 19.6. The van der Waals surface area contributed by atoms with Crippen LogP contribution in [-0.2, 0) is 13.0 Å². The number of hydrogen-bond donors (Lipinski definition) is 0. The van der Waals surface area contributed by atoms with E-state index >= 15 is 0 Å². The number of rotatable bonds is 5. The smallest absolute Gasteiger partial charge is 0.351 e. The molecule has 176 valence electrons. The van der Waals surface area contributed by atoms with Crippen LogP contribution in [0.2, 0.25) is 0 Å². The third kappa shape index (κ3) is 3.97. The SMILES string of the molecule is COc1ccccc1-c1ccc2c(c1)CCn1c-2cc(OCC2COc3ncccc3O2)nc1=O. The first kappa shape index (κ1) is 21.2. The second-order valence-electron chi connectivity index (χ2n) is 8.40. The summed E-state index contributed by atoms with van der Waals surface area (Å²) in [5.74, 6) is 2.14. The third-order valence-electron chi connectivity index (χ3n) is 6.24. The van der Waals surface area contributed by atoms with Crippen molar-refractivity contribution in [3.8, 4) is 45.6 Å². The van der Waals surface area contributed by atoms with Gasteiger partial charge in [0, 0.05) is 29.9 Å². The molecule has 0 saturated heterocycles. The summed E-state index contributed by atoms with van der Waals surface area (Å²) in [7, 11) is 1.68. The lowest BCUT2D eigenvalue weighted by molar-refractivity contribution is 0.0486. The van der Waals surface area contributed by atoms with E-state index in [1.165, 1.54) is 0 Å². The monoisotopic (exact) mass is 469 g/mol. The van der Waals surface area contributed by atoms with Gasteiger partial charge in [-0.3, -0.25) is 4.57 Å². The van der Waals surface area contributed by atoms with E-state index < -0.39 is 0 Å². The minimum atomic E-state index is -0.331. The number of aromatic nitrogens is 3. The zero-order valence-electron chi connectivity index (χ0n) is 19.1. The Hall–Kier alpha value is -4.33. The summed E-state index contributed by atoms with van der Waals surface area (Å²) in [6.07, 6.45) is 2.07. The molecular formula is C27H23N3O5. The van der Waals surface area contributed by atoms with Gasteiger partial charge in [0.2, 0.25) is 5.88 Å². The van der Waals surface area contributed by atoms with E-state index in [1.807, 2.05) is 36.4 Å². The number of fused-ring (bicyclic) bond motifs is 4. The molecular weight excluding hydrogens is 446 g/mol. The van der Waals surface area contributed by atoms with Crippen LogP contribution in [0.4, 0.5) is 0 Å². The van der Waals surface area contributed by atoms with E-state index in [-0.39, 0.29) is 24.3 Å². The first-order valence-electron chi connectivity index (χ1n) is 11.5. The quantitative estimate of drug-likeness (QED) is 0.440. The minimum absolute atomic E-state index is 0.198. The van der Waals surface area contributed by atoms with E-state index in [2.05, 4.69) is 22.1 Å². The van der Waals surface area contributed by atoms with Crippen LogP contribution in [0, 0.1) is 0 Å². The highest BCUT2D eigenvalue weighted by Crippen LogP contribution is 2.36. The molecule has 0 bridgehead atoms. The number of nitrogens with zero attached hydrogens (tertiary/aromatic N) is 3. The number of benzene rings is 2. The van der Waals surface area contributed by atoms with Crippen molar-refractivity contribution < 1.29 is 18.9 Å². The Balaban J connectivity index is 1.26. The molecule has 2 aromatic carbocycles. The van der Waals surface area contributed by atoms with Gasteiger partial charge in [0.25, 0.3) is 5.88 Å². The Bertz CT molecular complexity index is 1470. The molecule has 35 heavy (non-hydrogen) atoms. The predicted octanol–water partition coefficient (Wildman–Crippen LogP) is 3.76. The summed E-state index contributed by atoms with van der Waals surface area (Å²) in [5, 5.41) is 0. The van der Waals surface area contributed by atoms with Gasteiger partial charge >= 0.3 is 5.69 Å². The van der Waals surface area contributed by atoms with E-state index in [0.29, 0.717) is 24.8 Å². The molecule has 8 heteroatoms. The highest BCUT2D eigenvalue weighted by molar-refractivity contribution is 5.76. The van der Waals surface area contributed by atoms with Gasteiger partial charge in [0.15, 0.2) is 11.9 Å². The van der Waals surface area contributed by atoms with Gasteiger partial charge in [-0.15, -0.1) is 0 Å². The average Bonchev–Trinajstić information content (AvgIpc) is 2.91. The van der Waals surface area contributed by atoms with Crippen molar-refractivity contribution in [2.24, 2.45) is 0 Å². The highest BCUT2D eigenvalue weighted by Gasteiger charge is 2.24. The number of methoxy groups -OCH3 is 1. The summed E-state index contributed by atoms with van der Waals surface area (Å²) >= 11 is 0. The molecule has 4 aromatic rings. The van der Waals surface area contributed by atoms with Crippen LogP contribution in [-0.4, -0.2) is 41.0 Å². The van der Waals surface area contributed by atoms with Crippen molar-refractivity contribution in [3.05, 3.63) is 82.9 Å². The summed E-state index contributed by atoms with van der Waals surface area (Å²) in [5.41, 5.74) is 4.74. The lowest BCUT2D eigenvalue weighted by Crippen LogP contribution is -2.35. The van der Waals surface area contributed by atoms with Crippen molar-refractivity contribution in [3.63, 3.8) is 0 Å². The van der Waals surface area contributed by atoms with Crippen molar-refractivity contribution in [2.45, 2.75) is 19.1 Å². The summed E-state index contributed by atoms with van der Waals surface area (Å²) < 4.78 is 24.6. The fourth-order valence-corrected chi connectivity index (χ4v) is 4.55. The van der Waals surface area contributed by atoms with Crippen LogP contribution in [0.15, 0.2) is 71.7 Å². The zero-order valence-corrected chi connectivity index (χ0v) is 19.1. The molecule has 0 radical (unpaired) electrons. The standard InChI is InChI=1S/C27H23N3O5/c1-32-23-6-3-2-5-21(23)17-8-9-20-18(13-17)10-12-30-22(20)14-25(29-27(30)31)33-15-19-16-34-26-24(35-19)7-4-11-28-26/h2-9,11,13-14,19H,10,12,15-16H2,1H3. The van der Waals surface area contributed by atoms with E-state index in [4.69, 9.17) is 18.9 Å². The van der Waals surface area contributed by atoms with Crippen LogP contribution in [0.3, 0.4) is 0 Å². The van der Waals surface area contributed by atoms with E-state index in [0.717, 1.165) is 40.1 Å². The van der Waals surface area contributed by atoms with E-state index in [9.17, 15) is 4.79 Å². The largest absolute Gasteiger partial charge is 0.496 e. The number of hydrogen-bond acceptors (Lipinski definition) is 7. The van der Waals surface area contributed by atoms with Crippen molar-refractivity contribution >= 4 is 0 Å². The van der Waals surface area contributed by atoms with Crippen molar-refractivity contribution in [2.75, 3.05) is 20.3 Å². The molecule has 0 aliphatic carbocycles. The molecule has 4 heterocycles. The highest BCUT2D eigenvalue weighted by atomic mass is 16.6. The van der Waals surface area contributed by atoms with Gasteiger partial charge in [0.1, 0.15) is 19.0 Å². The molecule has 0 spiro atoms. The fourth-order valence-electron chi connectivity index (χ4n) is 4.55. The second-order valence-corrected chi connectivity index (χ2v) is 8.40. The van der Waals surface area contributed by atoms with Crippen LogP contribution in [0.5, 0.6) is 23.3 Å². The number of para-hydroxylation sites is 1. The fraction of sp³-hybridized carbons (Fsp3) is 0.222. The molecule has 8 nitrogen and oxygen atoms in total. The molecule has 0 saturated carbocycles. The van der Waals surface area contributed by atoms with Crippen LogP contribution in [0.25, 0.3) is 22.4 Å². The first-order valence-corrected chi connectivity index (χ1v) is 11.5. The molecule has 2 aromatic heterocycles. The Labute approximate surface area is 201 Å². The molecule has 2 aliphatic rings. The molecule has 0 amide bonds. The maximum absolute atomic E-state index is 12.8. The molecule has 0 N–H and O–H groups in total. The predicted molar refractivity (Wildman–Crippen MR) is 129 cm³/mol. The van der Waals surface area contributed by atoms with Crippen LogP contribution >= 0.6 is 0 Å². The Morgan fingerprint density at radius 2 is 2.00 bits per heavy atom. The van der Waals surface area contributed by atoms with Crippen LogP contribution in [0.1, 0.15) is 5.56 Å². The molecule has 2 aliphatic heterocycles. The van der Waals surface area contributed by atoms with E-state index in [1.54, 1.807) is 30.0 Å². The second kappa shape index (κ2) is 8.79. The van der Waals surface area contributed by atoms with Gasteiger partial charge in [-0.1, -0.05) is 36.4 Å². The number of ether oxygens (including phenoxy) is 4. The van der Waals surface area contributed by atoms with Crippen LogP contribution < -0.4 is 24.6 Å². The normalized spacial score (nSPS) is 15.6. The lowest BCUT2D eigenvalue weighted by atomic mass is 9.93. The van der Waals surface area contributed by atoms with Gasteiger partial charge in [0.05, 0.1) is 12.8 Å². The Morgan fingerprint density at radius 3 is 2.91 bits per heavy atom. The zero-order chi connectivity index (χ0) is 23.8. The molecule has 1 atom stereocenters. The van der Waals surface area contributed by atoms with Crippen molar-refractivity contribution in [1.82, 2.24) is 14.5 Å². The molecule has 1 unspecified atom stereocenters. The Morgan fingerprint density at radius 1 is 1.09 bits per heavy atom. The first-order chi connectivity index (χ1) is 17.2. The van der Waals surface area contributed by atoms with Crippen molar-refractivity contribution in [1.29, 1.82) is 0 Å². The number of pyridine rings is 1. The summed E-state index contributed by atoms with van der Waals surface area (Å²) in [6.45, 7) is 1.07. The Kier molecular flexibility index (Phi) is 5.33. The minimum Gasteiger partial charge on any atom is -0.496 e.